The highest BCUT2D eigenvalue weighted by atomic mass is 14.8. The molecular formula is C11H16N2. The van der Waals surface area contributed by atoms with Crippen molar-refractivity contribution in [2.75, 3.05) is 7.05 Å². The molecule has 0 fully saturated rings. The van der Waals surface area contributed by atoms with Gasteiger partial charge in [-0.05, 0) is 37.7 Å². The molecule has 0 aromatic carbocycles. The summed E-state index contributed by atoms with van der Waals surface area (Å²) in [6.07, 6.45) is 10.3. The van der Waals surface area contributed by atoms with Crippen LogP contribution in [0.1, 0.15) is 32.1 Å². The zero-order valence-corrected chi connectivity index (χ0v) is 8.16. The molecule has 0 N–H and O–H groups in total. The van der Waals surface area contributed by atoms with Gasteiger partial charge in [-0.15, -0.1) is 0 Å². The van der Waals surface area contributed by atoms with Crippen molar-refractivity contribution in [1.82, 2.24) is 0 Å². The van der Waals surface area contributed by atoms with E-state index in [0.29, 0.717) is 5.92 Å². The summed E-state index contributed by atoms with van der Waals surface area (Å²) in [7, 11) is 1.85. The summed E-state index contributed by atoms with van der Waals surface area (Å²) in [5, 5.41) is 0. The summed E-state index contributed by atoms with van der Waals surface area (Å²) in [6.45, 7) is 0. The summed E-state index contributed by atoms with van der Waals surface area (Å²) in [6, 6.07) is 0. The average Bonchev–Trinajstić information content (AvgIpc) is 2.19. The maximum atomic E-state index is 4.51. The van der Waals surface area contributed by atoms with Gasteiger partial charge < -0.3 is 4.99 Å². The van der Waals surface area contributed by atoms with E-state index >= 15 is 0 Å². The lowest BCUT2D eigenvalue weighted by molar-refractivity contribution is 0.582. The maximum absolute atomic E-state index is 4.51. The van der Waals surface area contributed by atoms with Gasteiger partial charge in [0, 0.05) is 31.1 Å². The summed E-state index contributed by atoms with van der Waals surface area (Å²) in [5.41, 5.74) is 2.90. The van der Waals surface area contributed by atoms with E-state index in [2.05, 4.69) is 22.4 Å². The third kappa shape index (κ3) is 1.71. The van der Waals surface area contributed by atoms with E-state index < -0.39 is 0 Å². The Balaban J connectivity index is 2.25. The van der Waals surface area contributed by atoms with Crippen molar-refractivity contribution in [2.45, 2.75) is 32.1 Å². The Morgan fingerprint density at radius 3 is 3.31 bits per heavy atom. The standard InChI is InChI=1S/C11H16N2/c1-12-8-10-5-2-4-9-6-3-7-13-11(9)10/h7-8,10H,2-6H2,1H3/b12-8-. The van der Waals surface area contributed by atoms with Gasteiger partial charge in [0.15, 0.2) is 0 Å². The van der Waals surface area contributed by atoms with Gasteiger partial charge in [0.1, 0.15) is 0 Å². The quantitative estimate of drug-likeness (QED) is 0.549. The lowest BCUT2D eigenvalue weighted by Gasteiger charge is -2.25. The van der Waals surface area contributed by atoms with Crippen molar-refractivity contribution in [2.24, 2.45) is 15.9 Å². The third-order valence-electron chi connectivity index (χ3n) is 2.84. The minimum Gasteiger partial charge on any atom is -0.300 e. The minimum atomic E-state index is 0.505. The van der Waals surface area contributed by atoms with Crippen molar-refractivity contribution >= 4 is 12.4 Å². The molecule has 2 aliphatic rings. The lowest BCUT2D eigenvalue weighted by atomic mass is 9.85. The molecule has 0 aromatic rings. The summed E-state index contributed by atoms with van der Waals surface area (Å²) < 4.78 is 0. The summed E-state index contributed by atoms with van der Waals surface area (Å²) in [4.78, 5) is 8.63. The fourth-order valence-corrected chi connectivity index (χ4v) is 2.23. The van der Waals surface area contributed by atoms with Crippen LogP contribution < -0.4 is 0 Å². The number of aliphatic imine (C=N–C) groups is 2. The molecular weight excluding hydrogens is 160 g/mol. The molecule has 13 heavy (non-hydrogen) atoms. The number of hydrogen-bond acceptors (Lipinski definition) is 2. The molecule has 1 atom stereocenters. The van der Waals surface area contributed by atoms with Crippen LogP contribution in [0, 0.1) is 5.92 Å². The van der Waals surface area contributed by atoms with Gasteiger partial charge in [-0.2, -0.15) is 0 Å². The van der Waals surface area contributed by atoms with E-state index in [-0.39, 0.29) is 0 Å². The summed E-state index contributed by atoms with van der Waals surface area (Å²) >= 11 is 0. The molecule has 0 spiro atoms. The van der Waals surface area contributed by atoms with Crippen LogP contribution in [0.3, 0.4) is 0 Å². The molecule has 0 bridgehead atoms. The molecule has 2 nitrogen and oxygen atoms in total. The molecule has 1 aliphatic heterocycles. The molecule has 1 heterocycles. The monoisotopic (exact) mass is 176 g/mol. The van der Waals surface area contributed by atoms with Crippen molar-refractivity contribution in [3.05, 3.63) is 11.3 Å². The van der Waals surface area contributed by atoms with E-state index in [1.807, 2.05) is 7.05 Å². The highest BCUT2D eigenvalue weighted by molar-refractivity contribution is 5.69. The third-order valence-corrected chi connectivity index (χ3v) is 2.84. The molecule has 1 aliphatic carbocycles. The normalized spacial score (nSPS) is 28.2. The average molecular weight is 176 g/mol. The predicted octanol–water partition coefficient (Wildman–Crippen LogP) is 2.61. The van der Waals surface area contributed by atoms with Crippen LogP contribution in [0.5, 0.6) is 0 Å². The molecule has 2 rings (SSSR count). The Bertz CT molecular complexity index is 274. The Hall–Kier alpha value is -0.920. The van der Waals surface area contributed by atoms with Crippen LogP contribution in [0.4, 0.5) is 0 Å². The predicted molar refractivity (Wildman–Crippen MR) is 56.5 cm³/mol. The SMILES string of the molecule is C/N=C\C1CCCC2=C1N=CCC2. The van der Waals surface area contributed by atoms with E-state index in [4.69, 9.17) is 0 Å². The number of nitrogens with zero attached hydrogens (tertiary/aromatic N) is 2. The van der Waals surface area contributed by atoms with Gasteiger partial charge >= 0.3 is 0 Å². The second-order valence-electron chi connectivity index (χ2n) is 3.75. The van der Waals surface area contributed by atoms with E-state index in [1.165, 1.54) is 31.4 Å². The molecule has 0 radical (unpaired) electrons. The number of rotatable bonds is 1. The van der Waals surface area contributed by atoms with Gasteiger partial charge in [-0.1, -0.05) is 0 Å². The largest absolute Gasteiger partial charge is 0.300 e. The van der Waals surface area contributed by atoms with Crippen LogP contribution >= 0.6 is 0 Å². The molecule has 2 heteroatoms. The number of allylic oxidation sites excluding steroid dienone is 2. The Morgan fingerprint density at radius 1 is 1.54 bits per heavy atom. The topological polar surface area (TPSA) is 24.7 Å². The molecule has 0 amide bonds. The second kappa shape index (κ2) is 3.86. The summed E-state index contributed by atoms with van der Waals surface area (Å²) in [5.74, 6) is 0.505. The lowest BCUT2D eigenvalue weighted by Crippen LogP contribution is -2.15. The first-order valence-electron chi connectivity index (χ1n) is 5.08. The fraction of sp³-hybridized carbons (Fsp3) is 0.636. The van der Waals surface area contributed by atoms with Crippen LogP contribution in [-0.4, -0.2) is 19.5 Å². The molecule has 0 saturated heterocycles. The van der Waals surface area contributed by atoms with E-state index in [9.17, 15) is 0 Å². The van der Waals surface area contributed by atoms with E-state index in [0.717, 1.165) is 6.42 Å². The van der Waals surface area contributed by atoms with Crippen LogP contribution in [0.25, 0.3) is 0 Å². The van der Waals surface area contributed by atoms with Crippen LogP contribution in [-0.2, 0) is 0 Å². The Morgan fingerprint density at radius 2 is 2.46 bits per heavy atom. The maximum Gasteiger partial charge on any atom is 0.0475 e. The first kappa shape index (κ1) is 8.67. The molecule has 1 unspecified atom stereocenters. The van der Waals surface area contributed by atoms with Gasteiger partial charge in [-0.3, -0.25) is 4.99 Å². The van der Waals surface area contributed by atoms with Gasteiger partial charge in [-0.25, -0.2) is 0 Å². The van der Waals surface area contributed by atoms with Crippen molar-refractivity contribution in [3.63, 3.8) is 0 Å². The van der Waals surface area contributed by atoms with Crippen molar-refractivity contribution in [3.8, 4) is 0 Å². The smallest absolute Gasteiger partial charge is 0.0475 e. The van der Waals surface area contributed by atoms with Gasteiger partial charge in [0.05, 0.1) is 0 Å². The highest BCUT2D eigenvalue weighted by Crippen LogP contribution is 2.34. The first-order chi connectivity index (χ1) is 6.42. The van der Waals surface area contributed by atoms with E-state index in [1.54, 1.807) is 5.57 Å². The minimum absolute atomic E-state index is 0.505. The van der Waals surface area contributed by atoms with Gasteiger partial charge in [0.2, 0.25) is 0 Å². The molecule has 0 aromatic heterocycles. The molecule has 0 saturated carbocycles. The highest BCUT2D eigenvalue weighted by Gasteiger charge is 2.22. The van der Waals surface area contributed by atoms with Gasteiger partial charge in [0.25, 0.3) is 0 Å². The fourth-order valence-electron chi connectivity index (χ4n) is 2.23. The zero-order chi connectivity index (χ0) is 9.10. The van der Waals surface area contributed by atoms with Crippen molar-refractivity contribution in [1.29, 1.82) is 0 Å². The van der Waals surface area contributed by atoms with Crippen LogP contribution in [0.15, 0.2) is 21.3 Å². The molecule has 70 valence electrons. The zero-order valence-electron chi connectivity index (χ0n) is 8.16. The Kier molecular flexibility index (Phi) is 2.57. The number of hydrogen-bond donors (Lipinski definition) is 0. The Labute approximate surface area is 79.5 Å². The van der Waals surface area contributed by atoms with Crippen LogP contribution in [0.2, 0.25) is 0 Å². The van der Waals surface area contributed by atoms with Crippen molar-refractivity contribution < 1.29 is 0 Å². The second-order valence-corrected chi connectivity index (χ2v) is 3.75. The first-order valence-corrected chi connectivity index (χ1v) is 5.08.